The second kappa shape index (κ2) is 6.08. The van der Waals surface area contributed by atoms with Crippen LogP contribution in [0.25, 0.3) is 0 Å². The van der Waals surface area contributed by atoms with Crippen molar-refractivity contribution < 1.29 is 4.79 Å². The lowest BCUT2D eigenvalue weighted by molar-refractivity contribution is -0.117. The largest absolute Gasteiger partial charge is 0.386 e. The van der Waals surface area contributed by atoms with Crippen LogP contribution in [0.2, 0.25) is 0 Å². The van der Waals surface area contributed by atoms with Crippen LogP contribution >= 0.6 is 0 Å². The van der Waals surface area contributed by atoms with Crippen LogP contribution in [-0.2, 0) is 4.79 Å². The summed E-state index contributed by atoms with van der Waals surface area (Å²) in [6.07, 6.45) is 4.17. The monoisotopic (exact) mass is 238 g/mol. The molecule has 0 atom stereocenters. The van der Waals surface area contributed by atoms with E-state index in [4.69, 9.17) is 0 Å². The predicted octanol–water partition coefficient (Wildman–Crippen LogP) is 2.59. The highest BCUT2D eigenvalue weighted by Crippen LogP contribution is 2.22. The minimum absolute atomic E-state index is 0.247. The number of unbranched alkanes of at least 4 members (excludes halogenated alkanes) is 1. The van der Waals surface area contributed by atoms with Gasteiger partial charge in [0.25, 0.3) is 0 Å². The zero-order chi connectivity index (χ0) is 12.9. The Balaban J connectivity index is 2.18. The van der Waals surface area contributed by atoms with E-state index in [-0.39, 0.29) is 5.78 Å². The average Bonchev–Trinajstić information content (AvgIpc) is 2.21. The van der Waals surface area contributed by atoms with Crippen molar-refractivity contribution in [3.05, 3.63) is 11.4 Å². The summed E-state index contributed by atoms with van der Waals surface area (Å²) in [5, 5.41) is 6.48. The minimum atomic E-state index is 0.247. The molecule has 0 bridgehead atoms. The number of carbonyl (C=O) groups is 1. The lowest BCUT2D eigenvalue weighted by atomic mass is 9.90. The molecule has 0 saturated heterocycles. The first-order valence-corrected chi connectivity index (χ1v) is 6.68. The van der Waals surface area contributed by atoms with Gasteiger partial charge in [0.1, 0.15) is 0 Å². The number of nitrogens with one attached hydrogen (secondary N) is 2. The molecule has 0 radical (unpaired) electrons. The van der Waals surface area contributed by atoms with Gasteiger partial charge < -0.3 is 10.6 Å². The van der Waals surface area contributed by atoms with E-state index in [9.17, 15) is 4.79 Å². The Labute approximate surface area is 105 Å². The van der Waals surface area contributed by atoms with Gasteiger partial charge in [0.05, 0.1) is 12.1 Å². The Morgan fingerprint density at radius 1 is 1.18 bits per heavy atom. The van der Waals surface area contributed by atoms with Crippen LogP contribution in [0.5, 0.6) is 0 Å². The lowest BCUT2D eigenvalue weighted by Crippen LogP contribution is -2.36. The van der Waals surface area contributed by atoms with Gasteiger partial charge in [-0.3, -0.25) is 4.79 Å². The normalized spacial score (nSPS) is 15.9. The highest BCUT2D eigenvalue weighted by atomic mass is 16.1. The van der Waals surface area contributed by atoms with Crippen LogP contribution in [0, 0.1) is 5.41 Å². The standard InChI is InChI=1S/C14H26N2O/c1-5-15-11-10-12(17)13(11)16-9-7-6-8-14(2,3)4/h15-16H,5-10H2,1-4H3. The van der Waals surface area contributed by atoms with Crippen molar-refractivity contribution in [3.8, 4) is 0 Å². The van der Waals surface area contributed by atoms with Crippen molar-refractivity contribution in [1.29, 1.82) is 0 Å². The van der Waals surface area contributed by atoms with Crippen LogP contribution in [0.15, 0.2) is 11.4 Å². The first-order valence-electron chi connectivity index (χ1n) is 6.68. The summed E-state index contributed by atoms with van der Waals surface area (Å²) >= 11 is 0. The Hall–Kier alpha value is -0.990. The van der Waals surface area contributed by atoms with E-state index in [0.717, 1.165) is 30.9 Å². The number of allylic oxidation sites excluding steroid dienone is 2. The molecule has 17 heavy (non-hydrogen) atoms. The van der Waals surface area contributed by atoms with E-state index < -0.39 is 0 Å². The summed E-state index contributed by atoms with van der Waals surface area (Å²) in [5.74, 6) is 0.247. The lowest BCUT2D eigenvalue weighted by Gasteiger charge is -2.24. The summed E-state index contributed by atoms with van der Waals surface area (Å²) in [4.78, 5) is 11.4. The number of hydrogen-bond donors (Lipinski definition) is 2. The van der Waals surface area contributed by atoms with Gasteiger partial charge in [-0.1, -0.05) is 27.2 Å². The van der Waals surface area contributed by atoms with E-state index in [1.54, 1.807) is 0 Å². The molecule has 0 aromatic carbocycles. The molecule has 0 saturated carbocycles. The topological polar surface area (TPSA) is 41.1 Å². The molecule has 1 aliphatic rings. The third kappa shape index (κ3) is 4.80. The quantitative estimate of drug-likeness (QED) is 0.670. The fraction of sp³-hybridized carbons (Fsp3) is 0.786. The number of hydrogen-bond acceptors (Lipinski definition) is 3. The van der Waals surface area contributed by atoms with Crippen molar-refractivity contribution in [1.82, 2.24) is 10.6 Å². The summed E-state index contributed by atoms with van der Waals surface area (Å²) in [6.45, 7) is 10.6. The molecule has 1 aliphatic carbocycles. The molecule has 0 fully saturated rings. The Kier molecular flexibility index (Phi) is 5.03. The zero-order valence-electron chi connectivity index (χ0n) is 11.7. The third-order valence-electron chi connectivity index (χ3n) is 2.96. The molecule has 0 spiro atoms. The molecule has 1 rings (SSSR count). The van der Waals surface area contributed by atoms with Crippen molar-refractivity contribution in [2.24, 2.45) is 5.41 Å². The van der Waals surface area contributed by atoms with E-state index in [1.807, 2.05) is 0 Å². The van der Waals surface area contributed by atoms with Crippen molar-refractivity contribution >= 4 is 5.78 Å². The molecule has 3 nitrogen and oxygen atoms in total. The molecule has 98 valence electrons. The third-order valence-corrected chi connectivity index (χ3v) is 2.96. The Morgan fingerprint density at radius 2 is 1.88 bits per heavy atom. The number of ketones is 1. The van der Waals surface area contributed by atoms with Crippen LogP contribution in [0.3, 0.4) is 0 Å². The molecule has 0 aromatic rings. The second-order valence-electron chi connectivity index (χ2n) is 5.93. The van der Waals surface area contributed by atoms with Gasteiger partial charge in [0, 0.05) is 18.8 Å². The van der Waals surface area contributed by atoms with Gasteiger partial charge in [-0.05, 0) is 25.2 Å². The average molecular weight is 238 g/mol. The van der Waals surface area contributed by atoms with Gasteiger partial charge in [-0.25, -0.2) is 0 Å². The fourth-order valence-electron chi connectivity index (χ4n) is 1.96. The summed E-state index contributed by atoms with van der Waals surface area (Å²) in [7, 11) is 0. The van der Waals surface area contributed by atoms with Gasteiger partial charge >= 0.3 is 0 Å². The number of rotatable bonds is 7. The van der Waals surface area contributed by atoms with Crippen LogP contribution < -0.4 is 10.6 Å². The summed E-state index contributed by atoms with van der Waals surface area (Å²) in [5.41, 5.74) is 2.33. The van der Waals surface area contributed by atoms with Gasteiger partial charge in [0.15, 0.2) is 5.78 Å². The summed E-state index contributed by atoms with van der Waals surface area (Å²) < 4.78 is 0. The maximum atomic E-state index is 11.4. The number of Topliss-reactive ketones (excluding diaryl/α,β-unsaturated/α-hetero) is 1. The Bertz CT molecular complexity index is 300. The van der Waals surface area contributed by atoms with Gasteiger partial charge in [-0.2, -0.15) is 0 Å². The first kappa shape index (κ1) is 14.1. The summed E-state index contributed by atoms with van der Waals surface area (Å²) in [6, 6.07) is 0. The highest BCUT2D eigenvalue weighted by molar-refractivity contribution is 6.03. The van der Waals surface area contributed by atoms with E-state index in [2.05, 4.69) is 38.3 Å². The molecule has 0 amide bonds. The first-order chi connectivity index (χ1) is 7.94. The van der Waals surface area contributed by atoms with Gasteiger partial charge in [0.2, 0.25) is 0 Å². The molecule has 3 heteroatoms. The maximum Gasteiger partial charge on any atom is 0.186 e. The molecule has 0 heterocycles. The minimum Gasteiger partial charge on any atom is -0.386 e. The molecule has 0 aliphatic heterocycles. The maximum absolute atomic E-state index is 11.4. The van der Waals surface area contributed by atoms with Crippen molar-refractivity contribution in [3.63, 3.8) is 0 Å². The van der Waals surface area contributed by atoms with E-state index >= 15 is 0 Å². The van der Waals surface area contributed by atoms with Crippen LogP contribution in [0.1, 0.15) is 53.4 Å². The Morgan fingerprint density at radius 3 is 2.41 bits per heavy atom. The zero-order valence-corrected chi connectivity index (χ0v) is 11.7. The van der Waals surface area contributed by atoms with Gasteiger partial charge in [-0.15, -0.1) is 0 Å². The van der Waals surface area contributed by atoms with Crippen molar-refractivity contribution in [2.45, 2.75) is 53.4 Å². The highest BCUT2D eigenvalue weighted by Gasteiger charge is 2.26. The molecule has 2 N–H and O–H groups in total. The van der Waals surface area contributed by atoms with E-state index in [1.165, 1.54) is 12.8 Å². The van der Waals surface area contributed by atoms with Crippen molar-refractivity contribution in [2.75, 3.05) is 13.1 Å². The fourth-order valence-corrected chi connectivity index (χ4v) is 1.96. The van der Waals surface area contributed by atoms with Crippen LogP contribution in [-0.4, -0.2) is 18.9 Å². The SMILES string of the molecule is CCNC1=C(NCCCCC(C)(C)C)C(=O)C1. The molecule has 0 unspecified atom stereocenters. The molecular formula is C14H26N2O. The molecule has 0 aromatic heterocycles. The molecular weight excluding hydrogens is 212 g/mol. The predicted molar refractivity (Wildman–Crippen MR) is 71.6 cm³/mol. The number of carbonyl (C=O) groups excluding carboxylic acids is 1. The smallest absolute Gasteiger partial charge is 0.186 e. The second-order valence-corrected chi connectivity index (χ2v) is 5.93. The van der Waals surface area contributed by atoms with Crippen LogP contribution in [0.4, 0.5) is 0 Å². The van der Waals surface area contributed by atoms with E-state index in [0.29, 0.717) is 11.8 Å².